The fourth-order valence-corrected chi connectivity index (χ4v) is 3.39. The molecule has 1 aliphatic rings. The molecule has 5 nitrogen and oxygen atoms in total. The number of rotatable bonds is 4. The SMILES string of the molecule is COc1ccc(C(=O)C2CCN(C(=O)Nc3ccc(C)c(Cl)c3)CC2)cc1. The number of ketones is 1. The van der Waals surface area contributed by atoms with Crippen LogP contribution in [0.15, 0.2) is 42.5 Å². The van der Waals surface area contributed by atoms with Gasteiger partial charge in [-0.1, -0.05) is 17.7 Å². The molecule has 1 N–H and O–H groups in total. The van der Waals surface area contributed by atoms with Crippen molar-refractivity contribution in [2.45, 2.75) is 19.8 Å². The first-order valence-electron chi connectivity index (χ1n) is 8.98. The van der Waals surface area contributed by atoms with Gasteiger partial charge in [-0.3, -0.25) is 4.79 Å². The number of urea groups is 1. The maximum absolute atomic E-state index is 12.7. The average molecular weight is 387 g/mol. The Morgan fingerprint density at radius 3 is 2.37 bits per heavy atom. The van der Waals surface area contributed by atoms with Gasteiger partial charge < -0.3 is 15.0 Å². The largest absolute Gasteiger partial charge is 0.497 e. The quantitative estimate of drug-likeness (QED) is 0.769. The molecule has 0 radical (unpaired) electrons. The average Bonchev–Trinajstić information content (AvgIpc) is 2.70. The lowest BCUT2D eigenvalue weighted by Crippen LogP contribution is -2.42. The summed E-state index contributed by atoms with van der Waals surface area (Å²) in [6, 6.07) is 12.5. The van der Waals surface area contributed by atoms with Gasteiger partial charge in [0, 0.05) is 35.3 Å². The predicted molar refractivity (Wildman–Crippen MR) is 107 cm³/mol. The van der Waals surface area contributed by atoms with Crippen LogP contribution in [0.5, 0.6) is 5.75 Å². The third kappa shape index (κ3) is 4.61. The van der Waals surface area contributed by atoms with Crippen LogP contribution >= 0.6 is 11.6 Å². The summed E-state index contributed by atoms with van der Waals surface area (Å²) >= 11 is 6.10. The van der Waals surface area contributed by atoms with E-state index >= 15 is 0 Å². The van der Waals surface area contributed by atoms with Crippen LogP contribution in [0.3, 0.4) is 0 Å². The Balaban J connectivity index is 1.55. The molecule has 27 heavy (non-hydrogen) atoms. The van der Waals surface area contributed by atoms with E-state index < -0.39 is 0 Å². The molecule has 6 heteroatoms. The summed E-state index contributed by atoms with van der Waals surface area (Å²) in [6.45, 7) is 3.02. The number of carbonyl (C=O) groups is 2. The van der Waals surface area contributed by atoms with Crippen LogP contribution in [-0.2, 0) is 0 Å². The number of methoxy groups -OCH3 is 1. The molecule has 3 rings (SSSR count). The van der Waals surface area contributed by atoms with Crippen molar-refractivity contribution in [3.63, 3.8) is 0 Å². The Kier molecular flexibility index (Phi) is 6.01. The normalized spacial score (nSPS) is 14.7. The first-order chi connectivity index (χ1) is 13.0. The van der Waals surface area contributed by atoms with Gasteiger partial charge in [0.1, 0.15) is 5.75 Å². The molecule has 0 spiro atoms. The fourth-order valence-electron chi connectivity index (χ4n) is 3.21. The van der Waals surface area contributed by atoms with E-state index in [-0.39, 0.29) is 17.7 Å². The Labute approximate surface area is 164 Å². The van der Waals surface area contributed by atoms with Crippen molar-refractivity contribution in [2.24, 2.45) is 5.92 Å². The van der Waals surface area contributed by atoms with E-state index in [2.05, 4.69) is 5.32 Å². The number of amides is 2. The molecule has 0 unspecified atom stereocenters. The molecule has 1 fully saturated rings. The van der Waals surface area contributed by atoms with E-state index in [1.807, 2.05) is 19.1 Å². The van der Waals surface area contributed by atoms with Crippen molar-refractivity contribution in [3.05, 3.63) is 58.6 Å². The lowest BCUT2D eigenvalue weighted by atomic mass is 9.89. The predicted octanol–water partition coefficient (Wildman–Crippen LogP) is 4.78. The van der Waals surface area contributed by atoms with E-state index in [4.69, 9.17) is 16.3 Å². The fraction of sp³-hybridized carbons (Fsp3) is 0.333. The van der Waals surface area contributed by atoms with Gasteiger partial charge in [0.05, 0.1) is 7.11 Å². The molecule has 1 saturated heterocycles. The standard InChI is InChI=1S/C21H23ClN2O3/c1-14-3-6-17(13-19(14)22)23-21(26)24-11-9-16(10-12-24)20(25)15-4-7-18(27-2)8-5-15/h3-8,13,16H,9-12H2,1-2H3,(H,23,26). The van der Waals surface area contributed by atoms with Gasteiger partial charge in [-0.25, -0.2) is 4.79 Å². The summed E-state index contributed by atoms with van der Waals surface area (Å²) in [5, 5.41) is 3.49. The molecule has 0 aromatic heterocycles. The molecule has 142 valence electrons. The van der Waals surface area contributed by atoms with Crippen LogP contribution in [0.4, 0.5) is 10.5 Å². The minimum atomic E-state index is -0.162. The number of aryl methyl sites for hydroxylation is 1. The number of Topliss-reactive ketones (excluding diaryl/α,β-unsaturated/α-hetero) is 1. The maximum atomic E-state index is 12.7. The molecule has 2 aromatic rings. The number of hydrogen-bond acceptors (Lipinski definition) is 3. The monoisotopic (exact) mass is 386 g/mol. The number of ether oxygens (including phenoxy) is 1. The first kappa shape index (κ1) is 19.2. The van der Waals surface area contributed by atoms with Crippen molar-refractivity contribution in [3.8, 4) is 5.75 Å². The smallest absolute Gasteiger partial charge is 0.321 e. The molecule has 0 aliphatic carbocycles. The third-order valence-corrected chi connectivity index (χ3v) is 5.36. The summed E-state index contributed by atoms with van der Waals surface area (Å²) in [5.41, 5.74) is 2.33. The second kappa shape index (κ2) is 8.44. The second-order valence-corrected chi connectivity index (χ2v) is 7.16. The number of anilines is 1. The molecule has 2 amide bonds. The van der Waals surface area contributed by atoms with Crippen molar-refractivity contribution in [2.75, 3.05) is 25.5 Å². The number of likely N-dealkylation sites (tertiary alicyclic amines) is 1. The summed E-state index contributed by atoms with van der Waals surface area (Å²) in [6.07, 6.45) is 1.32. The highest BCUT2D eigenvalue weighted by Crippen LogP contribution is 2.24. The molecule has 0 saturated carbocycles. The van der Waals surface area contributed by atoms with Crippen LogP contribution in [0.1, 0.15) is 28.8 Å². The first-order valence-corrected chi connectivity index (χ1v) is 9.36. The summed E-state index contributed by atoms with van der Waals surface area (Å²) in [5.74, 6) is 0.800. The minimum absolute atomic E-state index is 0.0590. The van der Waals surface area contributed by atoms with Crippen molar-refractivity contribution in [1.82, 2.24) is 4.90 Å². The molecular weight excluding hydrogens is 364 g/mol. The number of nitrogens with one attached hydrogen (secondary N) is 1. The Bertz CT molecular complexity index is 828. The van der Waals surface area contributed by atoms with Crippen LogP contribution < -0.4 is 10.1 Å². The zero-order chi connectivity index (χ0) is 19.4. The lowest BCUT2D eigenvalue weighted by Gasteiger charge is -2.31. The van der Waals surface area contributed by atoms with Crippen LogP contribution in [0, 0.1) is 12.8 Å². The number of carbonyl (C=O) groups excluding carboxylic acids is 2. The molecule has 2 aromatic carbocycles. The van der Waals surface area contributed by atoms with Crippen molar-refractivity contribution in [1.29, 1.82) is 0 Å². The van der Waals surface area contributed by atoms with Crippen LogP contribution in [0.2, 0.25) is 5.02 Å². The summed E-state index contributed by atoms with van der Waals surface area (Å²) in [4.78, 5) is 26.9. The summed E-state index contributed by atoms with van der Waals surface area (Å²) < 4.78 is 5.13. The van der Waals surface area contributed by atoms with E-state index in [1.54, 1.807) is 42.3 Å². The van der Waals surface area contributed by atoms with E-state index in [0.29, 0.717) is 42.2 Å². The van der Waals surface area contributed by atoms with Gasteiger partial charge in [-0.2, -0.15) is 0 Å². The Morgan fingerprint density at radius 1 is 1.11 bits per heavy atom. The van der Waals surface area contributed by atoms with E-state index in [9.17, 15) is 9.59 Å². The van der Waals surface area contributed by atoms with Crippen LogP contribution in [0.25, 0.3) is 0 Å². The maximum Gasteiger partial charge on any atom is 0.321 e. The topological polar surface area (TPSA) is 58.6 Å². The highest BCUT2D eigenvalue weighted by molar-refractivity contribution is 6.31. The molecule has 0 bridgehead atoms. The lowest BCUT2D eigenvalue weighted by molar-refractivity contribution is 0.0859. The van der Waals surface area contributed by atoms with E-state index in [0.717, 1.165) is 11.3 Å². The minimum Gasteiger partial charge on any atom is -0.497 e. The van der Waals surface area contributed by atoms with Crippen LogP contribution in [-0.4, -0.2) is 36.9 Å². The Hall–Kier alpha value is -2.53. The van der Waals surface area contributed by atoms with Gasteiger partial charge in [0.2, 0.25) is 0 Å². The van der Waals surface area contributed by atoms with Gasteiger partial charge in [0.25, 0.3) is 0 Å². The molecule has 0 atom stereocenters. The second-order valence-electron chi connectivity index (χ2n) is 6.75. The van der Waals surface area contributed by atoms with E-state index in [1.165, 1.54) is 0 Å². The highest BCUT2D eigenvalue weighted by Gasteiger charge is 2.28. The molecule has 1 aliphatic heterocycles. The van der Waals surface area contributed by atoms with Gasteiger partial charge in [-0.05, 0) is 61.7 Å². The molecular formula is C21H23ClN2O3. The Morgan fingerprint density at radius 2 is 1.78 bits per heavy atom. The van der Waals surface area contributed by atoms with Gasteiger partial charge in [-0.15, -0.1) is 0 Å². The van der Waals surface area contributed by atoms with Crippen molar-refractivity contribution < 1.29 is 14.3 Å². The number of benzene rings is 2. The highest BCUT2D eigenvalue weighted by atomic mass is 35.5. The van der Waals surface area contributed by atoms with Crippen molar-refractivity contribution >= 4 is 29.1 Å². The number of piperidine rings is 1. The zero-order valence-corrected chi connectivity index (χ0v) is 16.3. The molecule has 1 heterocycles. The zero-order valence-electron chi connectivity index (χ0n) is 15.5. The number of halogens is 1. The number of nitrogens with zero attached hydrogens (tertiary/aromatic N) is 1. The third-order valence-electron chi connectivity index (χ3n) is 4.95. The van der Waals surface area contributed by atoms with Gasteiger partial charge in [0.15, 0.2) is 5.78 Å². The number of hydrogen-bond donors (Lipinski definition) is 1. The van der Waals surface area contributed by atoms with Gasteiger partial charge >= 0.3 is 6.03 Å². The summed E-state index contributed by atoms with van der Waals surface area (Å²) in [7, 11) is 1.60.